The van der Waals surface area contributed by atoms with E-state index in [1.807, 2.05) is 26.8 Å². The van der Waals surface area contributed by atoms with Crippen molar-refractivity contribution >= 4 is 55.5 Å². The average Bonchev–Trinajstić information content (AvgIpc) is 2.31. The van der Waals surface area contributed by atoms with Gasteiger partial charge in [0.1, 0.15) is 0 Å². The number of aryl methyl sites for hydroxylation is 1. The molecule has 0 aromatic heterocycles. The van der Waals surface area contributed by atoms with E-state index in [9.17, 15) is 13.2 Å². The maximum atomic E-state index is 11.9. The number of carbonyl (C=O) groups excluding carboxylic acids is 1. The maximum Gasteiger partial charge on any atom is 0.225 e. The number of nitrogens with two attached hydrogens (primary N) is 1. The van der Waals surface area contributed by atoms with Crippen LogP contribution in [0.25, 0.3) is 0 Å². The number of hydrogen-bond donors (Lipinski definition) is 2. The molecule has 0 atom stereocenters. The number of sulfone groups is 1. The van der Waals surface area contributed by atoms with Crippen LogP contribution in [0.1, 0.15) is 25.8 Å². The van der Waals surface area contributed by atoms with E-state index in [4.69, 9.17) is 5.73 Å². The molecule has 1 amide bonds. The molecule has 0 aliphatic heterocycles. The van der Waals surface area contributed by atoms with Crippen LogP contribution in [0.4, 0.5) is 11.4 Å². The van der Waals surface area contributed by atoms with Crippen LogP contribution in [0.5, 0.6) is 0 Å². The van der Waals surface area contributed by atoms with Crippen molar-refractivity contribution in [1.29, 1.82) is 0 Å². The molecule has 0 heterocycles. The van der Waals surface area contributed by atoms with E-state index in [1.54, 1.807) is 6.07 Å². The molecule has 0 aliphatic rings. The molecule has 1 aromatic rings. The predicted molar refractivity (Wildman–Crippen MR) is 97.3 cm³/mol. The second kappa shape index (κ2) is 8.74. The Morgan fingerprint density at radius 3 is 2.50 bits per heavy atom. The zero-order valence-corrected chi connectivity index (χ0v) is 16.1. The average molecular weight is 414 g/mol. The molecule has 0 fully saturated rings. The molecule has 0 bridgehead atoms. The highest BCUT2D eigenvalue weighted by Crippen LogP contribution is 2.27. The number of carbonyl (C=O) groups is 1. The zero-order valence-electron chi connectivity index (χ0n) is 12.8. The molecular formula is C14H22BrClN2O3S. The van der Waals surface area contributed by atoms with E-state index in [1.165, 1.54) is 0 Å². The lowest BCUT2D eigenvalue weighted by atomic mass is 10.1. The zero-order chi connectivity index (χ0) is 16.2. The number of halogens is 2. The fourth-order valence-corrected chi connectivity index (χ4v) is 4.16. The molecule has 1 rings (SSSR count). The van der Waals surface area contributed by atoms with Gasteiger partial charge in [-0.05, 0) is 30.5 Å². The number of anilines is 2. The summed E-state index contributed by atoms with van der Waals surface area (Å²) < 4.78 is 24.3. The summed E-state index contributed by atoms with van der Waals surface area (Å²) in [6, 6.07) is 3.54. The van der Waals surface area contributed by atoms with Gasteiger partial charge in [-0.25, -0.2) is 8.42 Å². The van der Waals surface area contributed by atoms with Crippen molar-refractivity contribution in [3.05, 3.63) is 22.2 Å². The maximum absolute atomic E-state index is 11.9. The van der Waals surface area contributed by atoms with E-state index in [0.717, 1.165) is 10.0 Å². The van der Waals surface area contributed by atoms with Gasteiger partial charge in [-0.3, -0.25) is 4.79 Å². The number of nitrogens with one attached hydrogen (secondary N) is 1. The van der Waals surface area contributed by atoms with Crippen molar-refractivity contribution in [2.45, 2.75) is 27.2 Å². The molecule has 1 aromatic carbocycles. The number of benzene rings is 1. The van der Waals surface area contributed by atoms with Crippen LogP contribution >= 0.6 is 28.3 Å². The number of hydrogen-bond acceptors (Lipinski definition) is 4. The normalized spacial score (nSPS) is 11.1. The second-order valence-electron chi connectivity index (χ2n) is 5.49. The minimum Gasteiger partial charge on any atom is -0.397 e. The van der Waals surface area contributed by atoms with Crippen molar-refractivity contribution in [1.82, 2.24) is 0 Å². The quantitative estimate of drug-likeness (QED) is 0.701. The summed E-state index contributed by atoms with van der Waals surface area (Å²) >= 11 is 3.33. The lowest BCUT2D eigenvalue weighted by Gasteiger charge is -2.11. The molecule has 0 aliphatic carbocycles. The fourth-order valence-electron chi connectivity index (χ4n) is 1.91. The van der Waals surface area contributed by atoms with E-state index in [0.29, 0.717) is 11.4 Å². The summed E-state index contributed by atoms with van der Waals surface area (Å²) in [6.07, 6.45) is -0.0694. The third kappa shape index (κ3) is 6.98. The minimum atomic E-state index is -3.20. The summed E-state index contributed by atoms with van der Waals surface area (Å²) in [5.41, 5.74) is 7.71. The van der Waals surface area contributed by atoms with Gasteiger partial charge in [-0.15, -0.1) is 12.4 Å². The number of nitrogen functional groups attached to an aromatic ring is 1. The van der Waals surface area contributed by atoms with E-state index < -0.39 is 9.84 Å². The molecule has 3 N–H and O–H groups in total. The molecule has 0 radical (unpaired) electrons. The molecule has 0 saturated heterocycles. The predicted octanol–water partition coefficient (Wildman–Crippen LogP) is 3.16. The molecule has 5 nitrogen and oxygen atoms in total. The Hall–Kier alpha value is -0.790. The first kappa shape index (κ1) is 21.2. The number of amides is 1. The van der Waals surface area contributed by atoms with Crippen LogP contribution in [0.2, 0.25) is 0 Å². The van der Waals surface area contributed by atoms with Crippen molar-refractivity contribution in [2.24, 2.45) is 5.92 Å². The topological polar surface area (TPSA) is 89.3 Å². The number of rotatable bonds is 6. The fraction of sp³-hybridized carbons (Fsp3) is 0.500. The Morgan fingerprint density at radius 1 is 1.36 bits per heavy atom. The van der Waals surface area contributed by atoms with Crippen molar-refractivity contribution < 1.29 is 13.2 Å². The second-order valence-corrected chi connectivity index (χ2v) is 8.63. The van der Waals surface area contributed by atoms with Crippen molar-refractivity contribution in [2.75, 3.05) is 22.6 Å². The Morgan fingerprint density at radius 2 is 1.95 bits per heavy atom. The molecule has 22 heavy (non-hydrogen) atoms. The highest BCUT2D eigenvalue weighted by Gasteiger charge is 2.16. The van der Waals surface area contributed by atoms with E-state index in [2.05, 4.69) is 21.2 Å². The van der Waals surface area contributed by atoms with Crippen LogP contribution in [0, 0.1) is 12.8 Å². The van der Waals surface area contributed by atoms with Gasteiger partial charge in [0.25, 0.3) is 0 Å². The first-order valence-electron chi connectivity index (χ1n) is 6.66. The first-order chi connectivity index (χ1) is 9.60. The lowest BCUT2D eigenvalue weighted by Crippen LogP contribution is -2.21. The van der Waals surface area contributed by atoms with Gasteiger partial charge in [0, 0.05) is 10.9 Å². The van der Waals surface area contributed by atoms with Crippen LogP contribution in [-0.2, 0) is 14.6 Å². The van der Waals surface area contributed by atoms with Crippen molar-refractivity contribution in [3.8, 4) is 0 Å². The Balaban J connectivity index is 0.00000441. The van der Waals surface area contributed by atoms with E-state index in [-0.39, 0.29) is 42.2 Å². The smallest absolute Gasteiger partial charge is 0.225 e. The monoisotopic (exact) mass is 412 g/mol. The van der Waals surface area contributed by atoms with Gasteiger partial charge < -0.3 is 11.1 Å². The summed E-state index contributed by atoms with van der Waals surface area (Å²) in [5, 5.41) is 2.66. The Bertz CT molecular complexity index is 633. The van der Waals surface area contributed by atoms with Crippen molar-refractivity contribution in [3.63, 3.8) is 0 Å². The van der Waals surface area contributed by atoms with Gasteiger partial charge in [-0.1, -0.05) is 29.8 Å². The molecule has 0 spiro atoms. The Kier molecular flexibility index (Phi) is 8.43. The highest BCUT2D eigenvalue weighted by molar-refractivity contribution is 9.10. The largest absolute Gasteiger partial charge is 0.397 e. The molecule has 0 saturated carbocycles. The molecular weight excluding hydrogens is 392 g/mol. The first-order valence-corrected chi connectivity index (χ1v) is 9.28. The SMILES string of the molecule is Cc1cc(Br)cc(NC(=O)CCS(=O)(=O)CC(C)C)c1N.Cl. The summed E-state index contributed by atoms with van der Waals surface area (Å²) in [5.74, 6) is -0.351. The highest BCUT2D eigenvalue weighted by atomic mass is 79.9. The van der Waals surface area contributed by atoms with Gasteiger partial charge in [0.15, 0.2) is 9.84 Å². The van der Waals surface area contributed by atoms with Gasteiger partial charge in [0.05, 0.1) is 22.9 Å². The molecule has 126 valence electrons. The summed E-state index contributed by atoms with van der Waals surface area (Å²) in [7, 11) is -3.20. The van der Waals surface area contributed by atoms with Crippen LogP contribution < -0.4 is 11.1 Å². The molecule has 0 unspecified atom stereocenters. The third-order valence-corrected chi connectivity index (χ3v) is 5.31. The summed E-state index contributed by atoms with van der Waals surface area (Å²) in [6.45, 7) is 5.51. The minimum absolute atomic E-state index is 0. The van der Waals surface area contributed by atoms with Crippen LogP contribution in [0.15, 0.2) is 16.6 Å². The van der Waals surface area contributed by atoms with E-state index >= 15 is 0 Å². The molecule has 8 heteroatoms. The van der Waals surface area contributed by atoms with Gasteiger partial charge >= 0.3 is 0 Å². The van der Waals surface area contributed by atoms with Gasteiger partial charge in [0.2, 0.25) is 5.91 Å². The van der Waals surface area contributed by atoms with Crippen LogP contribution in [-0.4, -0.2) is 25.8 Å². The summed E-state index contributed by atoms with van der Waals surface area (Å²) in [4.78, 5) is 11.9. The standard InChI is InChI=1S/C14H21BrN2O3S.ClH/c1-9(2)8-21(19,20)5-4-13(18)17-12-7-11(15)6-10(3)14(12)16;/h6-7,9H,4-5,8,16H2,1-3H3,(H,17,18);1H. The Labute approximate surface area is 146 Å². The van der Waals surface area contributed by atoms with Crippen LogP contribution in [0.3, 0.4) is 0 Å². The lowest BCUT2D eigenvalue weighted by molar-refractivity contribution is -0.115. The third-order valence-electron chi connectivity index (χ3n) is 2.85. The van der Waals surface area contributed by atoms with Gasteiger partial charge in [-0.2, -0.15) is 0 Å².